The molecule has 0 atom stereocenters. The first-order chi connectivity index (χ1) is 4.66. The first-order valence-corrected chi connectivity index (χ1v) is 3.18. The van der Waals surface area contributed by atoms with Crippen molar-refractivity contribution in [3.63, 3.8) is 0 Å². The lowest BCUT2D eigenvalue weighted by atomic mass is 10.4. The number of rotatable bonds is 4. The Hall–Kier alpha value is -1.06. The van der Waals surface area contributed by atoms with Crippen molar-refractivity contribution in [2.75, 3.05) is 6.54 Å². The van der Waals surface area contributed by atoms with Crippen LogP contribution in [0.25, 0.3) is 0 Å². The van der Waals surface area contributed by atoms with Crippen molar-refractivity contribution >= 4 is 11.8 Å². The second kappa shape index (κ2) is 4.78. The number of carbonyl (C=O) groups is 2. The minimum absolute atomic E-state index is 0.0822. The highest BCUT2D eigenvalue weighted by atomic mass is 16.2. The molecule has 4 heteroatoms. The van der Waals surface area contributed by atoms with Crippen LogP contribution in [0, 0.1) is 0 Å². The highest BCUT2D eigenvalue weighted by molar-refractivity contribution is 5.77. The average molecular weight is 143 g/mol. The van der Waals surface area contributed by atoms with Crippen LogP contribution in [0.2, 0.25) is 0 Å². The van der Waals surface area contributed by atoms with Gasteiger partial charge < -0.3 is 5.32 Å². The van der Waals surface area contributed by atoms with E-state index in [9.17, 15) is 9.59 Å². The normalized spacial score (nSPS) is 8.90. The van der Waals surface area contributed by atoms with Crippen LogP contribution in [0.3, 0.4) is 0 Å². The number of nitrogens with one attached hydrogen (secondary N) is 2. The minimum Gasteiger partial charge on any atom is -0.356 e. The lowest BCUT2D eigenvalue weighted by Gasteiger charge is -1.98. The monoisotopic (exact) mass is 143 g/mol. The summed E-state index contributed by atoms with van der Waals surface area (Å²) in [4.78, 5) is 20.5. The van der Waals surface area contributed by atoms with Gasteiger partial charge in [-0.15, -0.1) is 0 Å². The van der Waals surface area contributed by atoms with Gasteiger partial charge in [0.2, 0.25) is 11.8 Å². The molecule has 10 heavy (non-hydrogen) atoms. The van der Waals surface area contributed by atoms with E-state index in [0.717, 1.165) is 0 Å². The molecule has 57 valence electrons. The molecule has 0 rings (SSSR count). The maximum Gasteiger partial charge on any atom is 0.240 e. The summed E-state index contributed by atoms with van der Waals surface area (Å²) in [5, 5.41) is 2.48. The van der Waals surface area contributed by atoms with E-state index in [4.69, 9.17) is 5.73 Å². The smallest absolute Gasteiger partial charge is 0.240 e. The van der Waals surface area contributed by atoms with Crippen molar-refractivity contribution in [3.05, 3.63) is 0 Å². The van der Waals surface area contributed by atoms with E-state index in [0.29, 0.717) is 6.42 Å². The van der Waals surface area contributed by atoms with Crippen LogP contribution in [0.1, 0.15) is 19.8 Å². The summed E-state index contributed by atoms with van der Waals surface area (Å²) in [5.74, 6) is -0.724. The molecule has 0 aliphatic rings. The Balaban J connectivity index is 3.20. The van der Waals surface area contributed by atoms with E-state index in [2.05, 4.69) is 5.32 Å². The third-order valence-corrected chi connectivity index (χ3v) is 0.995. The van der Waals surface area contributed by atoms with Gasteiger partial charge in [0.25, 0.3) is 0 Å². The lowest BCUT2D eigenvalue weighted by molar-refractivity contribution is -0.121. The highest BCUT2D eigenvalue weighted by Crippen LogP contribution is 1.77. The molecule has 2 N–H and O–H groups in total. The molecule has 0 aromatic heterocycles. The van der Waals surface area contributed by atoms with Crippen molar-refractivity contribution in [2.45, 2.75) is 19.8 Å². The minimum atomic E-state index is -0.642. The van der Waals surface area contributed by atoms with Crippen LogP contribution in [0.5, 0.6) is 0 Å². The van der Waals surface area contributed by atoms with Gasteiger partial charge in [-0.05, 0) is 0 Å². The van der Waals surface area contributed by atoms with Crippen LogP contribution in [-0.2, 0) is 9.59 Å². The molecule has 0 spiro atoms. The van der Waals surface area contributed by atoms with Gasteiger partial charge in [-0.25, -0.2) is 0 Å². The molecule has 0 bridgehead atoms. The Bertz CT molecular complexity index is 134. The molecule has 0 fully saturated rings. The summed E-state index contributed by atoms with van der Waals surface area (Å²) >= 11 is 0. The molecule has 0 saturated carbocycles. The Kier molecular flexibility index (Phi) is 4.28. The molecule has 0 aliphatic heterocycles. The molecule has 1 radical (unpaired) electrons. The van der Waals surface area contributed by atoms with Gasteiger partial charge in [0.05, 0.1) is 0 Å². The largest absolute Gasteiger partial charge is 0.356 e. The molecular weight excluding hydrogens is 132 g/mol. The van der Waals surface area contributed by atoms with E-state index >= 15 is 0 Å². The van der Waals surface area contributed by atoms with Crippen LogP contribution in [0.4, 0.5) is 0 Å². The predicted octanol–water partition coefficient (Wildman–Crippen LogP) is -0.288. The number of amides is 2. The SMILES string of the molecule is CCC(=O)NCCC([NH])=O. The summed E-state index contributed by atoms with van der Waals surface area (Å²) < 4.78 is 0. The second-order valence-electron chi connectivity index (χ2n) is 1.88. The first kappa shape index (κ1) is 8.94. The van der Waals surface area contributed by atoms with Crippen molar-refractivity contribution < 1.29 is 9.59 Å². The Morgan fingerprint density at radius 2 is 2.10 bits per heavy atom. The zero-order valence-corrected chi connectivity index (χ0v) is 5.94. The van der Waals surface area contributed by atoms with E-state index in [1.165, 1.54) is 0 Å². The lowest BCUT2D eigenvalue weighted by Crippen LogP contribution is -2.25. The second-order valence-corrected chi connectivity index (χ2v) is 1.88. The van der Waals surface area contributed by atoms with E-state index in [-0.39, 0.29) is 18.9 Å². The molecule has 0 aromatic carbocycles. The van der Waals surface area contributed by atoms with E-state index in [1.807, 2.05) is 0 Å². The van der Waals surface area contributed by atoms with E-state index in [1.54, 1.807) is 6.92 Å². The van der Waals surface area contributed by atoms with Crippen LogP contribution >= 0.6 is 0 Å². The molecule has 4 nitrogen and oxygen atoms in total. The molecule has 2 amide bonds. The van der Waals surface area contributed by atoms with Gasteiger partial charge in [0, 0.05) is 19.4 Å². The van der Waals surface area contributed by atoms with E-state index < -0.39 is 5.91 Å². The molecular formula is C6H11N2O2. The van der Waals surface area contributed by atoms with Gasteiger partial charge >= 0.3 is 0 Å². The van der Waals surface area contributed by atoms with Gasteiger partial charge in [0.1, 0.15) is 0 Å². The summed E-state index contributed by atoms with van der Waals surface area (Å²) in [6.45, 7) is 2.02. The average Bonchev–Trinajstić information content (AvgIpc) is 1.87. The van der Waals surface area contributed by atoms with Crippen LogP contribution < -0.4 is 11.1 Å². The predicted molar refractivity (Wildman–Crippen MR) is 36.0 cm³/mol. The molecule has 0 aliphatic carbocycles. The molecule has 0 unspecified atom stereocenters. The zero-order valence-electron chi connectivity index (χ0n) is 5.94. The summed E-state index contributed by atoms with van der Waals surface area (Å²) in [7, 11) is 0. The van der Waals surface area contributed by atoms with Gasteiger partial charge in [0.15, 0.2) is 0 Å². The maximum atomic E-state index is 10.5. The molecule has 0 heterocycles. The first-order valence-electron chi connectivity index (χ1n) is 3.18. The zero-order chi connectivity index (χ0) is 7.98. The fourth-order valence-electron chi connectivity index (χ4n) is 0.440. The van der Waals surface area contributed by atoms with Crippen LogP contribution in [0.15, 0.2) is 0 Å². The Morgan fingerprint density at radius 1 is 1.50 bits per heavy atom. The summed E-state index contributed by atoms with van der Waals surface area (Å²) in [6, 6.07) is 0. The van der Waals surface area contributed by atoms with Crippen molar-refractivity contribution in [3.8, 4) is 0 Å². The highest BCUT2D eigenvalue weighted by Gasteiger charge is 1.97. The number of carbonyl (C=O) groups excluding carboxylic acids is 2. The fourth-order valence-corrected chi connectivity index (χ4v) is 0.440. The quantitative estimate of drug-likeness (QED) is 0.587. The number of hydrogen-bond donors (Lipinski definition) is 1. The van der Waals surface area contributed by atoms with Crippen molar-refractivity contribution in [2.24, 2.45) is 0 Å². The summed E-state index contributed by atoms with van der Waals surface area (Å²) in [6.07, 6.45) is 0.526. The fraction of sp³-hybridized carbons (Fsp3) is 0.667. The van der Waals surface area contributed by atoms with Gasteiger partial charge in [-0.1, -0.05) is 6.92 Å². The van der Waals surface area contributed by atoms with Crippen molar-refractivity contribution in [1.82, 2.24) is 11.1 Å². The third-order valence-electron chi connectivity index (χ3n) is 0.995. The standard InChI is InChI=1S/C6H11N2O2/c1-2-6(10)8-4-3-5(7)9/h7H,2-4H2,1H3,(H,8,10). The third kappa shape index (κ3) is 5.08. The number of hydrogen-bond acceptors (Lipinski definition) is 2. The Labute approximate surface area is 59.8 Å². The Morgan fingerprint density at radius 3 is 2.50 bits per heavy atom. The van der Waals surface area contributed by atoms with Crippen molar-refractivity contribution in [1.29, 1.82) is 0 Å². The molecule has 0 saturated heterocycles. The van der Waals surface area contributed by atoms with Gasteiger partial charge in [-0.2, -0.15) is 0 Å². The maximum absolute atomic E-state index is 10.5. The molecule has 0 aromatic rings. The summed E-state index contributed by atoms with van der Waals surface area (Å²) in [5.41, 5.74) is 6.49. The van der Waals surface area contributed by atoms with Gasteiger partial charge in [-0.3, -0.25) is 15.3 Å². The topological polar surface area (TPSA) is 70.0 Å². The van der Waals surface area contributed by atoms with Crippen LogP contribution in [-0.4, -0.2) is 18.4 Å².